The Morgan fingerprint density at radius 2 is 2.06 bits per heavy atom. The molecule has 1 unspecified atom stereocenters. The zero-order valence-corrected chi connectivity index (χ0v) is 12.0. The number of halogens is 2. The van der Waals surface area contributed by atoms with Gasteiger partial charge in [0.05, 0.1) is 10.0 Å². The van der Waals surface area contributed by atoms with E-state index in [-0.39, 0.29) is 6.04 Å². The molecule has 2 rings (SSSR count). The SMILES string of the molecule is NNC(Cc1ccsc1)Cc1cccc(Cl)c1Cl. The van der Waals surface area contributed by atoms with E-state index in [1.807, 2.05) is 12.1 Å². The Balaban J connectivity index is 2.08. The first kappa shape index (κ1) is 13.8. The maximum atomic E-state index is 6.18. The first-order valence-corrected chi connectivity index (χ1v) is 7.30. The molecular weight excluding hydrogens is 287 g/mol. The molecule has 0 amide bonds. The molecule has 18 heavy (non-hydrogen) atoms. The standard InChI is InChI=1S/C13H14Cl2N2S/c14-12-3-1-2-10(13(12)15)7-11(17-16)6-9-4-5-18-8-9/h1-5,8,11,17H,6-7,16H2. The number of rotatable bonds is 5. The highest BCUT2D eigenvalue weighted by Crippen LogP contribution is 2.26. The van der Waals surface area contributed by atoms with E-state index in [1.54, 1.807) is 17.4 Å². The van der Waals surface area contributed by atoms with Crippen LogP contribution in [0.15, 0.2) is 35.0 Å². The van der Waals surface area contributed by atoms with Crippen molar-refractivity contribution in [3.05, 3.63) is 56.2 Å². The monoisotopic (exact) mass is 300 g/mol. The highest BCUT2D eigenvalue weighted by atomic mass is 35.5. The van der Waals surface area contributed by atoms with E-state index < -0.39 is 0 Å². The average molecular weight is 301 g/mol. The van der Waals surface area contributed by atoms with Crippen LogP contribution in [-0.2, 0) is 12.8 Å². The van der Waals surface area contributed by atoms with Crippen molar-refractivity contribution in [2.45, 2.75) is 18.9 Å². The Labute approximate surface area is 121 Å². The van der Waals surface area contributed by atoms with E-state index in [9.17, 15) is 0 Å². The molecule has 0 saturated carbocycles. The molecule has 96 valence electrons. The largest absolute Gasteiger partial charge is 0.271 e. The third kappa shape index (κ3) is 3.46. The summed E-state index contributed by atoms with van der Waals surface area (Å²) in [4.78, 5) is 0. The van der Waals surface area contributed by atoms with E-state index in [0.29, 0.717) is 10.0 Å². The third-order valence-electron chi connectivity index (χ3n) is 2.80. The number of hydrazine groups is 1. The number of thiophene rings is 1. The van der Waals surface area contributed by atoms with E-state index in [4.69, 9.17) is 29.0 Å². The Bertz CT molecular complexity index is 500. The van der Waals surface area contributed by atoms with Gasteiger partial charge >= 0.3 is 0 Å². The van der Waals surface area contributed by atoms with Crippen molar-refractivity contribution in [3.8, 4) is 0 Å². The van der Waals surface area contributed by atoms with Crippen LogP contribution in [0.3, 0.4) is 0 Å². The molecule has 1 aromatic heterocycles. The first-order valence-electron chi connectivity index (χ1n) is 5.61. The highest BCUT2D eigenvalue weighted by molar-refractivity contribution is 7.07. The summed E-state index contributed by atoms with van der Waals surface area (Å²) in [6.07, 6.45) is 1.63. The van der Waals surface area contributed by atoms with E-state index in [1.165, 1.54) is 5.56 Å². The Hall–Kier alpha value is -0.580. The molecule has 3 N–H and O–H groups in total. The van der Waals surface area contributed by atoms with Crippen molar-refractivity contribution in [1.82, 2.24) is 5.43 Å². The minimum atomic E-state index is 0.149. The minimum Gasteiger partial charge on any atom is -0.271 e. The number of nitrogens with two attached hydrogens (primary N) is 1. The van der Waals surface area contributed by atoms with Gasteiger partial charge in [-0.1, -0.05) is 35.3 Å². The minimum absolute atomic E-state index is 0.149. The van der Waals surface area contributed by atoms with Gasteiger partial charge in [0.25, 0.3) is 0 Å². The van der Waals surface area contributed by atoms with Gasteiger partial charge in [0, 0.05) is 6.04 Å². The number of hydrogen-bond acceptors (Lipinski definition) is 3. The topological polar surface area (TPSA) is 38.0 Å². The van der Waals surface area contributed by atoms with Crippen molar-refractivity contribution >= 4 is 34.5 Å². The van der Waals surface area contributed by atoms with Crippen LogP contribution >= 0.6 is 34.5 Å². The normalized spacial score (nSPS) is 12.6. The lowest BCUT2D eigenvalue weighted by Crippen LogP contribution is -2.38. The lowest BCUT2D eigenvalue weighted by Gasteiger charge is -2.16. The number of benzene rings is 1. The van der Waals surface area contributed by atoms with E-state index in [0.717, 1.165) is 18.4 Å². The fourth-order valence-corrected chi connectivity index (χ4v) is 2.93. The molecule has 0 bridgehead atoms. The zero-order valence-electron chi connectivity index (χ0n) is 9.70. The van der Waals surface area contributed by atoms with Crippen LogP contribution in [-0.4, -0.2) is 6.04 Å². The van der Waals surface area contributed by atoms with Crippen molar-refractivity contribution < 1.29 is 0 Å². The van der Waals surface area contributed by atoms with Crippen LogP contribution in [0.25, 0.3) is 0 Å². The second-order valence-corrected chi connectivity index (χ2v) is 5.68. The van der Waals surface area contributed by atoms with Crippen LogP contribution in [0.1, 0.15) is 11.1 Å². The van der Waals surface area contributed by atoms with Gasteiger partial charge in [0.2, 0.25) is 0 Å². The molecule has 5 heteroatoms. The molecule has 1 aromatic carbocycles. The third-order valence-corrected chi connectivity index (χ3v) is 4.39. The summed E-state index contributed by atoms with van der Waals surface area (Å²) in [7, 11) is 0. The summed E-state index contributed by atoms with van der Waals surface area (Å²) in [6, 6.07) is 7.93. The smallest absolute Gasteiger partial charge is 0.0624 e. The van der Waals surface area contributed by atoms with Crippen LogP contribution < -0.4 is 11.3 Å². The molecular formula is C13H14Cl2N2S. The summed E-state index contributed by atoms with van der Waals surface area (Å²) in [5.41, 5.74) is 5.13. The van der Waals surface area contributed by atoms with E-state index in [2.05, 4.69) is 22.3 Å². The Kier molecular flexibility index (Phi) is 5.03. The van der Waals surface area contributed by atoms with Gasteiger partial charge < -0.3 is 0 Å². The summed E-state index contributed by atoms with van der Waals surface area (Å²) in [6.45, 7) is 0. The van der Waals surface area contributed by atoms with Gasteiger partial charge in [-0.05, 0) is 46.9 Å². The fraction of sp³-hybridized carbons (Fsp3) is 0.231. The second kappa shape index (κ2) is 6.55. The second-order valence-electron chi connectivity index (χ2n) is 4.12. The van der Waals surface area contributed by atoms with Crippen LogP contribution in [0.2, 0.25) is 10.0 Å². The summed E-state index contributed by atoms with van der Waals surface area (Å²) in [5, 5.41) is 5.39. The molecule has 0 spiro atoms. The van der Waals surface area contributed by atoms with E-state index >= 15 is 0 Å². The molecule has 2 aromatic rings. The van der Waals surface area contributed by atoms with Crippen molar-refractivity contribution in [2.24, 2.45) is 5.84 Å². The summed E-state index contributed by atoms with van der Waals surface area (Å²) in [5.74, 6) is 5.60. The molecule has 1 atom stereocenters. The van der Waals surface area contributed by atoms with Gasteiger partial charge in [-0.2, -0.15) is 11.3 Å². The molecule has 0 aliphatic carbocycles. The van der Waals surface area contributed by atoms with Gasteiger partial charge in [-0.25, -0.2) is 0 Å². The molecule has 2 nitrogen and oxygen atoms in total. The summed E-state index contributed by atoms with van der Waals surface area (Å²) >= 11 is 13.9. The van der Waals surface area contributed by atoms with Crippen molar-refractivity contribution in [3.63, 3.8) is 0 Å². The maximum absolute atomic E-state index is 6.18. The maximum Gasteiger partial charge on any atom is 0.0624 e. The highest BCUT2D eigenvalue weighted by Gasteiger charge is 2.12. The van der Waals surface area contributed by atoms with Gasteiger partial charge in [-0.3, -0.25) is 11.3 Å². The molecule has 1 heterocycles. The molecule has 0 aliphatic rings. The average Bonchev–Trinajstić information content (AvgIpc) is 2.86. The van der Waals surface area contributed by atoms with Crippen LogP contribution in [0, 0.1) is 0 Å². The predicted octanol–water partition coefficient (Wildman–Crippen LogP) is 3.67. The van der Waals surface area contributed by atoms with Crippen molar-refractivity contribution in [2.75, 3.05) is 0 Å². The number of hydrogen-bond donors (Lipinski definition) is 2. The van der Waals surface area contributed by atoms with Gasteiger partial charge in [0.15, 0.2) is 0 Å². The first-order chi connectivity index (χ1) is 8.70. The molecule has 0 saturated heterocycles. The van der Waals surface area contributed by atoms with Gasteiger partial charge in [-0.15, -0.1) is 0 Å². The Morgan fingerprint density at radius 3 is 2.72 bits per heavy atom. The summed E-state index contributed by atoms with van der Waals surface area (Å²) < 4.78 is 0. The lowest BCUT2D eigenvalue weighted by molar-refractivity contribution is 0.523. The van der Waals surface area contributed by atoms with Gasteiger partial charge in [0.1, 0.15) is 0 Å². The quantitative estimate of drug-likeness (QED) is 0.653. The van der Waals surface area contributed by atoms with Crippen molar-refractivity contribution in [1.29, 1.82) is 0 Å². The Morgan fingerprint density at radius 1 is 1.22 bits per heavy atom. The number of nitrogens with one attached hydrogen (secondary N) is 1. The van der Waals surface area contributed by atoms with Crippen LogP contribution in [0.4, 0.5) is 0 Å². The molecule has 0 fully saturated rings. The van der Waals surface area contributed by atoms with Crippen LogP contribution in [0.5, 0.6) is 0 Å². The lowest BCUT2D eigenvalue weighted by atomic mass is 10.0. The zero-order chi connectivity index (χ0) is 13.0. The predicted molar refractivity (Wildman–Crippen MR) is 79.3 cm³/mol. The fourth-order valence-electron chi connectivity index (χ4n) is 1.85. The molecule has 0 radical (unpaired) electrons. The molecule has 0 aliphatic heterocycles.